The fraction of sp³-hybridized carbons (Fsp3) is 0.350. The topological polar surface area (TPSA) is 80.0 Å². The quantitative estimate of drug-likeness (QED) is 0.653. The van der Waals surface area contributed by atoms with Gasteiger partial charge in [-0.2, -0.15) is 18.2 Å². The molecule has 2 aliphatic carbocycles. The monoisotopic (exact) mass is 436 g/mol. The first-order valence-corrected chi connectivity index (χ1v) is 9.80. The van der Waals surface area contributed by atoms with E-state index in [1.165, 1.54) is 18.2 Å². The second-order valence-corrected chi connectivity index (χ2v) is 8.21. The van der Waals surface area contributed by atoms with Crippen molar-refractivity contribution in [1.82, 2.24) is 14.5 Å². The number of fused-ring (bicyclic) bond motifs is 2. The molecule has 5 rings (SSSR count). The van der Waals surface area contributed by atoms with Crippen molar-refractivity contribution in [3.63, 3.8) is 0 Å². The molecule has 0 saturated heterocycles. The zero-order valence-electron chi connectivity index (χ0n) is 15.4. The summed E-state index contributed by atoms with van der Waals surface area (Å²) in [5.74, 6) is 0.196. The van der Waals surface area contributed by atoms with Crippen LogP contribution in [0.2, 0.25) is 5.02 Å². The number of nitrogens with one attached hydrogen (secondary N) is 1. The van der Waals surface area contributed by atoms with Crippen LogP contribution in [0, 0.1) is 5.92 Å². The molecule has 10 heteroatoms. The Bertz CT molecular complexity index is 1230. The number of benzene rings is 1. The summed E-state index contributed by atoms with van der Waals surface area (Å²) in [6.45, 7) is 0. The fourth-order valence-corrected chi connectivity index (χ4v) is 4.60. The summed E-state index contributed by atoms with van der Waals surface area (Å²) in [6, 6.07) is 8.31. The third kappa shape index (κ3) is 2.87. The molecule has 0 bridgehead atoms. The van der Waals surface area contributed by atoms with Crippen molar-refractivity contribution in [1.29, 1.82) is 0 Å². The van der Waals surface area contributed by atoms with Gasteiger partial charge in [0.2, 0.25) is 0 Å². The van der Waals surface area contributed by atoms with Gasteiger partial charge in [0, 0.05) is 12.0 Å². The van der Waals surface area contributed by atoms with E-state index in [0.717, 1.165) is 23.5 Å². The van der Waals surface area contributed by atoms with Crippen molar-refractivity contribution in [2.75, 3.05) is 5.32 Å². The minimum Gasteiger partial charge on any atom is -0.389 e. The first-order valence-electron chi connectivity index (χ1n) is 9.42. The van der Waals surface area contributed by atoms with E-state index in [2.05, 4.69) is 15.3 Å². The molecule has 1 aromatic carbocycles. The normalized spacial score (nSPS) is 25.4. The summed E-state index contributed by atoms with van der Waals surface area (Å²) >= 11 is 6.19. The highest BCUT2D eigenvalue weighted by atomic mass is 35.5. The molecule has 6 nitrogen and oxygen atoms in total. The molecule has 0 amide bonds. The summed E-state index contributed by atoms with van der Waals surface area (Å²) in [6.07, 6.45) is -2.60. The minimum atomic E-state index is -4.68. The predicted octanol–water partition coefficient (Wildman–Crippen LogP) is 3.78. The molecule has 0 spiro atoms. The summed E-state index contributed by atoms with van der Waals surface area (Å²) in [7, 11) is 0. The summed E-state index contributed by atoms with van der Waals surface area (Å²) in [4.78, 5) is 20.7. The minimum absolute atomic E-state index is 0.0442. The van der Waals surface area contributed by atoms with E-state index < -0.39 is 23.2 Å². The molecule has 2 aliphatic rings. The highest BCUT2D eigenvalue weighted by molar-refractivity contribution is 6.32. The second-order valence-electron chi connectivity index (χ2n) is 7.80. The van der Waals surface area contributed by atoms with Crippen LogP contribution in [-0.2, 0) is 6.18 Å². The maximum Gasteiger partial charge on any atom is 0.433 e. The SMILES string of the molecule is O=c1nc(NC2CC3(O)CCC23)c2ccc(C(F)(F)F)nc2n1-c1ccccc1Cl. The number of alkyl halides is 3. The van der Waals surface area contributed by atoms with E-state index in [4.69, 9.17) is 11.6 Å². The van der Waals surface area contributed by atoms with Crippen LogP contribution in [0.5, 0.6) is 0 Å². The number of rotatable bonds is 3. The van der Waals surface area contributed by atoms with Crippen LogP contribution in [-0.4, -0.2) is 31.3 Å². The third-order valence-corrected chi connectivity index (χ3v) is 6.40. The number of para-hydroxylation sites is 1. The van der Waals surface area contributed by atoms with Gasteiger partial charge in [-0.05, 0) is 43.5 Å². The number of hydrogen-bond donors (Lipinski definition) is 2. The van der Waals surface area contributed by atoms with Crippen LogP contribution in [0.25, 0.3) is 16.7 Å². The van der Waals surface area contributed by atoms with Crippen LogP contribution in [0.3, 0.4) is 0 Å². The number of halogens is 4. The zero-order valence-corrected chi connectivity index (χ0v) is 16.2. The maximum absolute atomic E-state index is 13.3. The fourth-order valence-electron chi connectivity index (χ4n) is 4.38. The van der Waals surface area contributed by atoms with Crippen molar-refractivity contribution < 1.29 is 18.3 Å². The van der Waals surface area contributed by atoms with Crippen LogP contribution in [0.4, 0.5) is 19.0 Å². The number of anilines is 1. The molecule has 2 saturated carbocycles. The number of aliphatic hydroxyl groups is 1. The van der Waals surface area contributed by atoms with E-state index in [9.17, 15) is 23.1 Å². The predicted molar refractivity (Wildman–Crippen MR) is 105 cm³/mol. The van der Waals surface area contributed by atoms with Crippen LogP contribution < -0.4 is 11.0 Å². The van der Waals surface area contributed by atoms with Crippen molar-refractivity contribution >= 4 is 28.5 Å². The van der Waals surface area contributed by atoms with Crippen molar-refractivity contribution in [3.05, 3.63) is 57.6 Å². The molecule has 2 N–H and O–H groups in total. The lowest BCUT2D eigenvalue weighted by molar-refractivity contribution is -0.174. The Balaban J connectivity index is 1.69. The first-order chi connectivity index (χ1) is 14.2. The van der Waals surface area contributed by atoms with Gasteiger partial charge in [0.05, 0.1) is 21.7 Å². The lowest BCUT2D eigenvalue weighted by Gasteiger charge is -2.60. The third-order valence-electron chi connectivity index (χ3n) is 6.08. The summed E-state index contributed by atoms with van der Waals surface area (Å²) < 4.78 is 40.9. The molecule has 3 aromatic rings. The molecular formula is C20H16ClF3N4O2. The number of aromatic nitrogens is 3. The molecule has 2 fully saturated rings. The van der Waals surface area contributed by atoms with Gasteiger partial charge in [0.1, 0.15) is 11.5 Å². The van der Waals surface area contributed by atoms with E-state index in [1.54, 1.807) is 12.1 Å². The molecule has 2 aromatic heterocycles. The van der Waals surface area contributed by atoms with Crippen LogP contribution >= 0.6 is 11.6 Å². The Morgan fingerprint density at radius 1 is 1.20 bits per heavy atom. The van der Waals surface area contributed by atoms with Crippen molar-refractivity contribution in [2.45, 2.75) is 37.1 Å². The molecule has 0 radical (unpaired) electrons. The van der Waals surface area contributed by atoms with Gasteiger partial charge in [0.15, 0.2) is 5.65 Å². The lowest BCUT2D eigenvalue weighted by atomic mass is 9.53. The Morgan fingerprint density at radius 2 is 1.97 bits per heavy atom. The van der Waals surface area contributed by atoms with Crippen LogP contribution in [0.1, 0.15) is 25.0 Å². The molecular weight excluding hydrogens is 421 g/mol. The second kappa shape index (κ2) is 6.42. The Labute approximate surface area is 173 Å². The summed E-state index contributed by atoms with van der Waals surface area (Å²) in [5, 5.41) is 13.8. The van der Waals surface area contributed by atoms with Gasteiger partial charge in [-0.15, -0.1) is 0 Å². The van der Waals surface area contributed by atoms with Gasteiger partial charge in [-0.25, -0.2) is 14.3 Å². The van der Waals surface area contributed by atoms with E-state index in [0.29, 0.717) is 6.42 Å². The molecule has 3 atom stereocenters. The smallest absolute Gasteiger partial charge is 0.389 e. The van der Waals surface area contributed by atoms with Gasteiger partial charge in [-0.1, -0.05) is 23.7 Å². The van der Waals surface area contributed by atoms with E-state index in [-0.39, 0.29) is 39.5 Å². The largest absolute Gasteiger partial charge is 0.433 e. The average molecular weight is 437 g/mol. The highest BCUT2D eigenvalue weighted by Gasteiger charge is 2.59. The average Bonchev–Trinajstić information content (AvgIpc) is 2.67. The number of hydrogen-bond acceptors (Lipinski definition) is 5. The van der Waals surface area contributed by atoms with Gasteiger partial charge < -0.3 is 10.4 Å². The van der Waals surface area contributed by atoms with Gasteiger partial charge in [-0.3, -0.25) is 0 Å². The molecule has 3 unspecified atom stereocenters. The van der Waals surface area contributed by atoms with Crippen molar-refractivity contribution in [3.8, 4) is 5.69 Å². The number of pyridine rings is 1. The van der Waals surface area contributed by atoms with E-state index in [1.807, 2.05) is 0 Å². The van der Waals surface area contributed by atoms with Gasteiger partial charge in [0.25, 0.3) is 0 Å². The Hall–Kier alpha value is -2.65. The molecule has 0 aliphatic heterocycles. The maximum atomic E-state index is 13.3. The highest BCUT2D eigenvalue weighted by Crippen LogP contribution is 2.54. The lowest BCUT2D eigenvalue weighted by Crippen LogP contribution is -2.66. The first kappa shape index (κ1) is 19.3. The molecule has 30 heavy (non-hydrogen) atoms. The number of nitrogens with zero attached hydrogens (tertiary/aromatic N) is 3. The van der Waals surface area contributed by atoms with E-state index >= 15 is 0 Å². The molecule has 2 heterocycles. The zero-order chi connectivity index (χ0) is 21.3. The van der Waals surface area contributed by atoms with Gasteiger partial charge >= 0.3 is 11.9 Å². The summed E-state index contributed by atoms with van der Waals surface area (Å²) in [5.41, 5.74) is -2.60. The van der Waals surface area contributed by atoms with Crippen molar-refractivity contribution in [2.24, 2.45) is 5.92 Å². The molecule has 156 valence electrons. The standard InChI is InChI=1S/C20H16ClF3N4O2/c21-12-3-1-2-4-14(12)28-17-10(5-6-15(26-17)20(22,23)24)16(27-18(28)29)25-13-9-19(30)8-7-11(13)19/h1-6,11,13,30H,7-9H2,(H,25,27,29). The van der Waals surface area contributed by atoms with Crippen LogP contribution in [0.15, 0.2) is 41.2 Å². The Kier molecular flexibility index (Phi) is 4.14. The Morgan fingerprint density at radius 3 is 2.57 bits per heavy atom.